The van der Waals surface area contributed by atoms with E-state index in [4.69, 9.17) is 0 Å². The Kier molecular flexibility index (Phi) is 4.92. The summed E-state index contributed by atoms with van der Waals surface area (Å²) in [4.78, 5) is 24.8. The van der Waals surface area contributed by atoms with Gasteiger partial charge in [0.05, 0.1) is 12.4 Å². The van der Waals surface area contributed by atoms with E-state index in [0.29, 0.717) is 24.2 Å². The number of aromatic nitrogens is 2. The lowest BCUT2D eigenvalue weighted by Gasteiger charge is -2.24. The number of aromatic carboxylic acids is 1. The molecule has 0 bridgehead atoms. The van der Waals surface area contributed by atoms with Gasteiger partial charge in [0, 0.05) is 35.3 Å². The van der Waals surface area contributed by atoms with Gasteiger partial charge in [-0.05, 0) is 56.0 Å². The Morgan fingerprint density at radius 2 is 2.00 bits per heavy atom. The molecule has 0 aliphatic heterocycles. The number of rotatable bonds is 4. The number of carbonyl (C=O) groups is 1. The molecule has 2 aromatic heterocycles. The second kappa shape index (κ2) is 7.40. The fourth-order valence-corrected chi connectivity index (χ4v) is 4.28. The summed E-state index contributed by atoms with van der Waals surface area (Å²) in [5.41, 5.74) is 3.03. The first kappa shape index (κ1) is 19.3. The van der Waals surface area contributed by atoms with Crippen LogP contribution in [-0.2, 0) is 26.6 Å². The zero-order valence-electron chi connectivity index (χ0n) is 16.7. The highest BCUT2D eigenvalue weighted by Crippen LogP contribution is 2.38. The van der Waals surface area contributed by atoms with Crippen LogP contribution in [0.1, 0.15) is 41.3 Å². The third kappa shape index (κ3) is 3.11. The first-order chi connectivity index (χ1) is 13.9. The van der Waals surface area contributed by atoms with Gasteiger partial charge in [-0.3, -0.25) is 14.7 Å². The van der Waals surface area contributed by atoms with Gasteiger partial charge in [0.1, 0.15) is 5.75 Å². The largest absolute Gasteiger partial charge is 0.506 e. The van der Waals surface area contributed by atoms with Crippen LogP contribution in [0.2, 0.25) is 0 Å². The maximum absolute atomic E-state index is 13.1. The van der Waals surface area contributed by atoms with Gasteiger partial charge in [0.15, 0.2) is 5.56 Å². The van der Waals surface area contributed by atoms with Crippen molar-refractivity contribution in [2.24, 2.45) is 7.05 Å². The third-order valence-electron chi connectivity index (χ3n) is 5.76. The Labute approximate surface area is 168 Å². The van der Waals surface area contributed by atoms with Crippen LogP contribution in [0.3, 0.4) is 0 Å². The van der Waals surface area contributed by atoms with Crippen molar-refractivity contribution in [1.82, 2.24) is 14.5 Å². The number of hydrogen-bond acceptors (Lipinski definition) is 4. The highest BCUT2D eigenvalue weighted by atomic mass is 16.4. The van der Waals surface area contributed by atoms with Crippen molar-refractivity contribution in [3.63, 3.8) is 0 Å². The molecule has 0 radical (unpaired) electrons. The molecule has 0 fully saturated rings. The van der Waals surface area contributed by atoms with Crippen molar-refractivity contribution in [2.45, 2.75) is 39.3 Å². The molecule has 1 aliphatic rings. The van der Waals surface area contributed by atoms with E-state index in [2.05, 4.69) is 22.0 Å². The lowest BCUT2D eigenvalue weighted by atomic mass is 9.88. The molecule has 0 saturated heterocycles. The summed E-state index contributed by atoms with van der Waals surface area (Å²) in [6.45, 7) is 2.74. The van der Waals surface area contributed by atoms with Crippen LogP contribution in [0.5, 0.6) is 5.75 Å². The van der Waals surface area contributed by atoms with E-state index in [1.165, 1.54) is 4.57 Å². The van der Waals surface area contributed by atoms with Crippen LogP contribution in [-0.4, -0.2) is 31.9 Å². The van der Waals surface area contributed by atoms with E-state index in [-0.39, 0.29) is 6.67 Å². The summed E-state index contributed by atoms with van der Waals surface area (Å²) >= 11 is 0. The third-order valence-corrected chi connectivity index (χ3v) is 5.76. The molecule has 3 N–H and O–H groups in total. The first-order valence-corrected chi connectivity index (χ1v) is 9.95. The molecule has 0 atom stereocenters. The van der Waals surface area contributed by atoms with Gasteiger partial charge in [-0.1, -0.05) is 6.92 Å². The molecule has 152 valence electrons. The minimum absolute atomic E-state index is 0.185. The number of hydrogen-bond donors (Lipinski definition) is 3. The molecular weight excluding hydrogens is 370 g/mol. The van der Waals surface area contributed by atoms with E-state index in [0.717, 1.165) is 41.3 Å². The van der Waals surface area contributed by atoms with E-state index >= 15 is 0 Å². The summed E-state index contributed by atoms with van der Waals surface area (Å²) in [5.74, 6) is -1.80. The van der Waals surface area contributed by atoms with E-state index < -0.39 is 22.8 Å². The first-order valence-electron chi connectivity index (χ1n) is 9.95. The zero-order chi connectivity index (χ0) is 20.7. The smallest absolute Gasteiger partial charge is 0.345 e. The van der Waals surface area contributed by atoms with Crippen LogP contribution >= 0.6 is 0 Å². The fourth-order valence-electron chi connectivity index (χ4n) is 4.28. The SMILES string of the molecule is CCNCn1c2c(c(O)c(C(=O)O)c1=O)CCCCc1cc3c(ccn3C)cc1-2. The maximum Gasteiger partial charge on any atom is 0.345 e. The molecule has 4 rings (SSSR count). The van der Waals surface area contributed by atoms with Crippen molar-refractivity contribution in [3.05, 3.63) is 51.4 Å². The number of carboxylic acids is 1. The van der Waals surface area contributed by atoms with Gasteiger partial charge in [-0.25, -0.2) is 4.79 Å². The Morgan fingerprint density at radius 1 is 1.24 bits per heavy atom. The summed E-state index contributed by atoms with van der Waals surface area (Å²) in [7, 11) is 2.00. The highest BCUT2D eigenvalue weighted by Gasteiger charge is 2.28. The van der Waals surface area contributed by atoms with Crippen molar-refractivity contribution in [1.29, 1.82) is 0 Å². The van der Waals surface area contributed by atoms with E-state index in [1.807, 2.05) is 26.2 Å². The summed E-state index contributed by atoms with van der Waals surface area (Å²) in [6.07, 6.45) is 5.13. The molecule has 0 amide bonds. The van der Waals surface area contributed by atoms with Crippen molar-refractivity contribution < 1.29 is 15.0 Å². The molecule has 1 aliphatic carbocycles. The second-order valence-electron chi connectivity index (χ2n) is 7.55. The molecule has 7 nitrogen and oxygen atoms in total. The topological polar surface area (TPSA) is 96.5 Å². The van der Waals surface area contributed by atoms with Gasteiger partial charge in [0.25, 0.3) is 5.56 Å². The number of aromatic hydroxyl groups is 1. The summed E-state index contributed by atoms with van der Waals surface area (Å²) in [5, 5.41) is 24.5. The number of nitrogens with zero attached hydrogens (tertiary/aromatic N) is 2. The Morgan fingerprint density at radius 3 is 2.72 bits per heavy atom. The lowest BCUT2D eigenvalue weighted by molar-refractivity contribution is 0.0690. The number of nitrogens with one attached hydrogen (secondary N) is 1. The van der Waals surface area contributed by atoms with Crippen molar-refractivity contribution >= 4 is 16.9 Å². The molecule has 1 aromatic carbocycles. The molecule has 0 unspecified atom stereocenters. The van der Waals surface area contributed by atoms with Gasteiger partial charge >= 0.3 is 5.97 Å². The monoisotopic (exact) mass is 395 g/mol. The average Bonchev–Trinajstić information content (AvgIpc) is 3.02. The summed E-state index contributed by atoms with van der Waals surface area (Å²) in [6, 6.07) is 6.22. The normalized spacial score (nSPS) is 13.6. The molecule has 2 heterocycles. The number of carboxylic acid groups (broad SMARTS) is 1. The Balaban J connectivity index is 2.11. The fraction of sp³-hybridized carbons (Fsp3) is 0.364. The minimum Gasteiger partial charge on any atom is -0.506 e. The van der Waals surface area contributed by atoms with Gasteiger partial charge < -0.3 is 14.8 Å². The Hall–Kier alpha value is -3.06. The van der Waals surface area contributed by atoms with Gasteiger partial charge in [0.2, 0.25) is 0 Å². The maximum atomic E-state index is 13.1. The van der Waals surface area contributed by atoms with E-state index in [1.54, 1.807) is 0 Å². The lowest BCUT2D eigenvalue weighted by Crippen LogP contribution is -2.34. The van der Waals surface area contributed by atoms with Crippen molar-refractivity contribution in [2.75, 3.05) is 6.54 Å². The Bertz CT molecular complexity index is 1170. The summed E-state index contributed by atoms with van der Waals surface area (Å²) < 4.78 is 3.53. The molecule has 0 saturated carbocycles. The standard InChI is InChI=1S/C22H25N3O4/c1-3-23-12-25-19-15(20(26)18(21(25)27)22(28)29)7-5-4-6-13-11-17-14(10-16(13)19)8-9-24(17)2/h8-11,23,26H,3-7,12H2,1-2H3,(H,28,29). The second-order valence-corrected chi connectivity index (χ2v) is 7.55. The van der Waals surface area contributed by atoms with Crippen LogP contribution < -0.4 is 10.9 Å². The van der Waals surface area contributed by atoms with Crippen LogP contribution in [0, 0.1) is 0 Å². The molecule has 3 aromatic rings. The number of pyridine rings is 1. The molecule has 29 heavy (non-hydrogen) atoms. The van der Waals surface area contributed by atoms with Crippen LogP contribution in [0.15, 0.2) is 29.2 Å². The molecule has 7 heteroatoms. The number of aryl methyl sites for hydroxylation is 2. The average molecular weight is 395 g/mol. The molecule has 0 spiro atoms. The molecular formula is C22H25N3O4. The highest BCUT2D eigenvalue weighted by molar-refractivity contribution is 5.93. The van der Waals surface area contributed by atoms with Gasteiger partial charge in [-0.15, -0.1) is 0 Å². The van der Waals surface area contributed by atoms with Crippen molar-refractivity contribution in [3.8, 4) is 17.0 Å². The van der Waals surface area contributed by atoms with Crippen LogP contribution in [0.25, 0.3) is 22.2 Å². The predicted molar refractivity (Wildman–Crippen MR) is 112 cm³/mol. The quantitative estimate of drug-likeness (QED) is 0.631. The predicted octanol–water partition coefficient (Wildman–Crippen LogP) is 2.86. The van der Waals surface area contributed by atoms with Gasteiger partial charge in [-0.2, -0.15) is 0 Å². The zero-order valence-corrected chi connectivity index (χ0v) is 16.7. The number of fused-ring (bicyclic) bond motifs is 4. The van der Waals surface area contributed by atoms with Crippen LogP contribution in [0.4, 0.5) is 0 Å². The minimum atomic E-state index is -1.40. The van der Waals surface area contributed by atoms with E-state index in [9.17, 15) is 19.8 Å². The number of benzene rings is 1.